The summed E-state index contributed by atoms with van der Waals surface area (Å²) in [4.78, 5) is 24.6. The van der Waals surface area contributed by atoms with Gasteiger partial charge >= 0.3 is 11.9 Å². The summed E-state index contributed by atoms with van der Waals surface area (Å²) in [6.07, 6.45) is 82.4. The van der Waals surface area contributed by atoms with E-state index in [1.807, 2.05) is 0 Å². The van der Waals surface area contributed by atoms with Gasteiger partial charge in [0.1, 0.15) is 6.61 Å². The van der Waals surface area contributed by atoms with E-state index in [0.717, 1.165) is 32.1 Å². The van der Waals surface area contributed by atoms with E-state index in [2.05, 4.69) is 26.0 Å². The lowest BCUT2D eigenvalue weighted by Gasteiger charge is -2.15. The van der Waals surface area contributed by atoms with Gasteiger partial charge in [0.05, 0.1) is 6.61 Å². The smallest absolute Gasteiger partial charge is 0.306 e. The minimum atomic E-state index is -0.767. The number of carbonyl (C=O) groups is 2. The summed E-state index contributed by atoms with van der Waals surface area (Å²) in [6, 6.07) is 0. The molecule has 73 heavy (non-hydrogen) atoms. The first kappa shape index (κ1) is 71.6. The van der Waals surface area contributed by atoms with Gasteiger partial charge in [-0.1, -0.05) is 353 Å². The number of hydrogen-bond donors (Lipinski definition) is 1. The number of rotatable bonds is 64. The molecule has 0 aliphatic heterocycles. The molecular weight excluding hydrogens is 897 g/mol. The molecule has 0 aromatic carbocycles. The zero-order valence-electron chi connectivity index (χ0n) is 49.9. The second-order valence-electron chi connectivity index (χ2n) is 23.3. The van der Waals surface area contributed by atoms with Crippen LogP contribution < -0.4 is 0 Å². The minimum absolute atomic E-state index is 0.0567. The van der Waals surface area contributed by atoms with Crippen molar-refractivity contribution in [1.29, 1.82) is 0 Å². The Hall–Kier alpha value is -1.36. The maximum Gasteiger partial charge on any atom is 0.306 e. The number of hydrogen-bond acceptors (Lipinski definition) is 5. The Morgan fingerprint density at radius 3 is 0.740 bits per heavy atom. The van der Waals surface area contributed by atoms with Crippen molar-refractivity contribution < 1.29 is 24.2 Å². The largest absolute Gasteiger partial charge is 0.462 e. The van der Waals surface area contributed by atoms with Crippen molar-refractivity contribution in [2.24, 2.45) is 0 Å². The van der Waals surface area contributed by atoms with Gasteiger partial charge in [0.15, 0.2) is 6.10 Å². The van der Waals surface area contributed by atoms with Crippen molar-refractivity contribution in [2.45, 2.75) is 399 Å². The van der Waals surface area contributed by atoms with Gasteiger partial charge < -0.3 is 14.6 Å². The number of aliphatic hydroxyl groups is 1. The van der Waals surface area contributed by atoms with E-state index in [9.17, 15) is 14.7 Å². The highest BCUT2D eigenvalue weighted by Crippen LogP contribution is 2.19. The highest BCUT2D eigenvalue weighted by molar-refractivity contribution is 5.70. The summed E-state index contributed by atoms with van der Waals surface area (Å²) >= 11 is 0. The highest BCUT2D eigenvalue weighted by atomic mass is 16.6. The molecule has 0 aromatic rings. The predicted octanol–water partition coefficient (Wildman–Crippen LogP) is 23.0. The lowest BCUT2D eigenvalue weighted by Crippen LogP contribution is -2.28. The molecule has 0 radical (unpaired) electrons. The Kier molecular flexibility index (Phi) is 63.7. The van der Waals surface area contributed by atoms with Crippen LogP contribution in [0.1, 0.15) is 393 Å². The van der Waals surface area contributed by atoms with Crippen LogP contribution in [0.3, 0.4) is 0 Å². The summed E-state index contributed by atoms with van der Waals surface area (Å²) in [5.74, 6) is -0.562. The van der Waals surface area contributed by atoms with Crippen molar-refractivity contribution in [1.82, 2.24) is 0 Å². The lowest BCUT2D eigenvalue weighted by molar-refractivity contribution is -0.161. The van der Waals surface area contributed by atoms with Gasteiger partial charge in [0.2, 0.25) is 0 Å². The van der Waals surface area contributed by atoms with E-state index in [1.165, 1.54) is 334 Å². The molecule has 0 heterocycles. The molecule has 434 valence electrons. The molecule has 0 amide bonds. The predicted molar refractivity (Wildman–Crippen MR) is 321 cm³/mol. The van der Waals surface area contributed by atoms with Crippen LogP contribution in [0.4, 0.5) is 0 Å². The molecule has 5 heteroatoms. The van der Waals surface area contributed by atoms with Gasteiger partial charge in [-0.3, -0.25) is 9.59 Å². The Morgan fingerprint density at radius 2 is 0.507 bits per heavy atom. The minimum Gasteiger partial charge on any atom is -0.462 e. The standard InChI is InChI=1S/C68H132O5/c1-3-5-7-9-11-13-15-17-19-21-23-25-27-29-31-33-34-35-37-39-41-43-45-47-49-51-53-55-57-59-61-63-68(71)73-66(64-69)65-72-67(70)62-60-58-56-54-52-50-48-46-44-42-40-38-36-32-30-28-26-24-22-20-18-16-14-12-10-8-6-4-2/h21,23,66,69H,3-20,22,24-65H2,1-2H3/b23-21-. The third-order valence-corrected chi connectivity index (χ3v) is 15.8. The van der Waals surface area contributed by atoms with Crippen LogP contribution in [0.2, 0.25) is 0 Å². The summed E-state index contributed by atoms with van der Waals surface area (Å²) in [6.45, 7) is 4.22. The zero-order chi connectivity index (χ0) is 52.7. The van der Waals surface area contributed by atoms with E-state index in [4.69, 9.17) is 9.47 Å². The van der Waals surface area contributed by atoms with E-state index < -0.39 is 6.10 Å². The first-order chi connectivity index (χ1) is 36.1. The Balaban J connectivity index is 3.37. The molecule has 5 nitrogen and oxygen atoms in total. The summed E-state index contributed by atoms with van der Waals surface area (Å²) in [5, 5.41) is 9.69. The lowest BCUT2D eigenvalue weighted by atomic mass is 10.0. The maximum absolute atomic E-state index is 12.4. The average molecular weight is 1030 g/mol. The quantitative estimate of drug-likeness (QED) is 0.0373. The molecule has 0 saturated carbocycles. The van der Waals surface area contributed by atoms with Crippen molar-refractivity contribution in [3.8, 4) is 0 Å². The Bertz CT molecular complexity index is 1070. The van der Waals surface area contributed by atoms with Gasteiger partial charge in [-0.15, -0.1) is 0 Å². The SMILES string of the molecule is CCCCCCCCCC/C=C\CCCCCCCCCCCCCCCCCCCCCC(=O)OC(CO)COC(=O)CCCCCCCCCCCCCCCCCCCCCCCCCCCCCC. The second-order valence-corrected chi connectivity index (χ2v) is 23.3. The van der Waals surface area contributed by atoms with Gasteiger partial charge in [-0.2, -0.15) is 0 Å². The van der Waals surface area contributed by atoms with Crippen LogP contribution in [-0.4, -0.2) is 36.4 Å². The third-order valence-electron chi connectivity index (χ3n) is 15.8. The fraction of sp³-hybridized carbons (Fsp3) is 0.941. The van der Waals surface area contributed by atoms with Crippen molar-refractivity contribution in [3.63, 3.8) is 0 Å². The zero-order valence-corrected chi connectivity index (χ0v) is 49.9. The van der Waals surface area contributed by atoms with Gasteiger partial charge in [-0.25, -0.2) is 0 Å². The fourth-order valence-corrected chi connectivity index (χ4v) is 10.7. The molecule has 0 aliphatic carbocycles. The van der Waals surface area contributed by atoms with Crippen LogP contribution in [0.15, 0.2) is 12.2 Å². The second kappa shape index (κ2) is 64.9. The molecule has 1 atom stereocenters. The van der Waals surface area contributed by atoms with E-state index >= 15 is 0 Å². The van der Waals surface area contributed by atoms with E-state index in [-0.39, 0.29) is 25.2 Å². The van der Waals surface area contributed by atoms with Gasteiger partial charge in [0.25, 0.3) is 0 Å². The summed E-state index contributed by atoms with van der Waals surface area (Å²) in [5.41, 5.74) is 0. The first-order valence-corrected chi connectivity index (χ1v) is 33.7. The molecule has 0 bridgehead atoms. The van der Waals surface area contributed by atoms with Gasteiger partial charge in [-0.05, 0) is 38.5 Å². The number of unbranched alkanes of at least 4 members (excludes halogenated alkanes) is 54. The molecule has 0 rings (SSSR count). The van der Waals surface area contributed by atoms with Crippen molar-refractivity contribution in [2.75, 3.05) is 13.2 Å². The normalized spacial score (nSPS) is 12.1. The number of ether oxygens (including phenoxy) is 2. The Labute approximate surface area is 458 Å². The molecule has 0 saturated heterocycles. The van der Waals surface area contributed by atoms with E-state index in [0.29, 0.717) is 12.8 Å². The van der Waals surface area contributed by atoms with Crippen LogP contribution >= 0.6 is 0 Å². The van der Waals surface area contributed by atoms with Gasteiger partial charge in [0, 0.05) is 12.8 Å². The molecule has 0 spiro atoms. The maximum atomic E-state index is 12.4. The third kappa shape index (κ3) is 63.1. The molecule has 0 aliphatic rings. The number of esters is 2. The number of aliphatic hydroxyl groups excluding tert-OH is 1. The highest BCUT2D eigenvalue weighted by Gasteiger charge is 2.16. The Morgan fingerprint density at radius 1 is 0.301 bits per heavy atom. The van der Waals surface area contributed by atoms with Crippen molar-refractivity contribution in [3.05, 3.63) is 12.2 Å². The molecular formula is C68H132O5. The average Bonchev–Trinajstić information content (AvgIpc) is 3.39. The van der Waals surface area contributed by atoms with Crippen molar-refractivity contribution >= 4 is 11.9 Å². The molecule has 1 unspecified atom stereocenters. The van der Waals surface area contributed by atoms with Crippen LogP contribution in [0.5, 0.6) is 0 Å². The van der Waals surface area contributed by atoms with Crippen LogP contribution in [-0.2, 0) is 19.1 Å². The molecule has 0 fully saturated rings. The fourth-order valence-electron chi connectivity index (χ4n) is 10.7. The molecule has 0 aromatic heterocycles. The van der Waals surface area contributed by atoms with Crippen LogP contribution in [0.25, 0.3) is 0 Å². The van der Waals surface area contributed by atoms with E-state index in [1.54, 1.807) is 0 Å². The van der Waals surface area contributed by atoms with Crippen LogP contribution in [0, 0.1) is 0 Å². The topological polar surface area (TPSA) is 72.8 Å². The number of allylic oxidation sites excluding steroid dienone is 2. The summed E-state index contributed by atoms with van der Waals surface area (Å²) < 4.78 is 10.8. The monoisotopic (exact) mass is 1030 g/mol. The molecule has 1 N–H and O–H groups in total. The summed E-state index contributed by atoms with van der Waals surface area (Å²) in [7, 11) is 0. The number of carbonyl (C=O) groups excluding carboxylic acids is 2. The first-order valence-electron chi connectivity index (χ1n) is 33.7.